The predicted molar refractivity (Wildman–Crippen MR) is 79.0 cm³/mol. The number of hydrogen-bond donors (Lipinski definition) is 2. The third-order valence-corrected chi connectivity index (χ3v) is 4.80. The van der Waals surface area contributed by atoms with Crippen molar-refractivity contribution in [2.45, 2.75) is 32.9 Å². The third kappa shape index (κ3) is 3.81. The Labute approximate surface area is 119 Å². The van der Waals surface area contributed by atoms with Gasteiger partial charge in [0.25, 0.3) is 0 Å². The lowest BCUT2D eigenvalue weighted by atomic mass is 10.1. The Kier molecular flexibility index (Phi) is 5.22. The summed E-state index contributed by atoms with van der Waals surface area (Å²) in [5, 5.41) is 0. The summed E-state index contributed by atoms with van der Waals surface area (Å²) < 4.78 is 1.17. The molecule has 1 aromatic carbocycles. The summed E-state index contributed by atoms with van der Waals surface area (Å²) in [4.78, 5) is 3.54. The van der Waals surface area contributed by atoms with Gasteiger partial charge in [-0.2, -0.15) is 0 Å². The molecular formula is C15H25BrN2+2. The van der Waals surface area contributed by atoms with Crippen molar-refractivity contribution in [2.24, 2.45) is 0 Å². The lowest BCUT2D eigenvalue weighted by Gasteiger charge is -2.33. The molecule has 0 unspecified atom stereocenters. The fraction of sp³-hybridized carbons (Fsp3) is 0.600. The Balaban J connectivity index is 1.81. The molecule has 1 atom stereocenters. The van der Waals surface area contributed by atoms with E-state index in [1.807, 2.05) is 0 Å². The van der Waals surface area contributed by atoms with Crippen molar-refractivity contribution in [1.82, 2.24) is 0 Å². The normalized spacial score (nSPS) is 25.9. The highest BCUT2D eigenvalue weighted by molar-refractivity contribution is 9.10. The Bertz CT molecular complexity index is 355. The largest absolute Gasteiger partial charge is 0.323 e. The van der Waals surface area contributed by atoms with Crippen molar-refractivity contribution < 1.29 is 9.80 Å². The van der Waals surface area contributed by atoms with E-state index in [4.69, 9.17) is 0 Å². The quantitative estimate of drug-likeness (QED) is 0.802. The van der Waals surface area contributed by atoms with E-state index >= 15 is 0 Å². The summed E-state index contributed by atoms with van der Waals surface area (Å²) >= 11 is 3.49. The van der Waals surface area contributed by atoms with Crippen LogP contribution in [-0.4, -0.2) is 32.2 Å². The number of piperazine rings is 1. The molecule has 1 aromatic rings. The van der Waals surface area contributed by atoms with Gasteiger partial charge in [0, 0.05) is 10.0 Å². The summed E-state index contributed by atoms with van der Waals surface area (Å²) in [6.45, 7) is 11.2. The van der Waals surface area contributed by atoms with Gasteiger partial charge in [-0.15, -0.1) is 0 Å². The number of hydrogen-bond acceptors (Lipinski definition) is 0. The molecule has 0 aromatic heterocycles. The summed E-state index contributed by atoms with van der Waals surface area (Å²) in [6.07, 6.45) is 1.30. The first-order valence-electron chi connectivity index (χ1n) is 7.11. The lowest BCUT2D eigenvalue weighted by molar-refractivity contribution is -1.03. The van der Waals surface area contributed by atoms with E-state index in [-0.39, 0.29) is 0 Å². The standard InChI is InChI=1S/C15H23BrN2/c1-3-13(2)18-10-8-17(9-11-18)12-14-4-6-15(16)7-5-14/h4-7,13H,3,8-12H2,1-2H3/p+2/t13-/m1/s1. The van der Waals surface area contributed by atoms with Gasteiger partial charge in [-0.3, -0.25) is 0 Å². The first kappa shape index (κ1) is 14.0. The molecule has 2 nitrogen and oxygen atoms in total. The first-order valence-corrected chi connectivity index (χ1v) is 7.91. The van der Waals surface area contributed by atoms with Gasteiger partial charge in [-0.25, -0.2) is 0 Å². The molecule has 2 N–H and O–H groups in total. The minimum absolute atomic E-state index is 0.833. The fourth-order valence-corrected chi connectivity index (χ4v) is 3.04. The molecule has 2 rings (SSSR count). The van der Waals surface area contributed by atoms with E-state index < -0.39 is 0 Å². The Hall–Kier alpha value is -0.380. The second kappa shape index (κ2) is 6.69. The lowest BCUT2D eigenvalue weighted by Crippen LogP contribution is -3.29. The third-order valence-electron chi connectivity index (χ3n) is 4.28. The molecule has 1 saturated heterocycles. The van der Waals surface area contributed by atoms with Crippen molar-refractivity contribution in [3.8, 4) is 0 Å². The van der Waals surface area contributed by atoms with Crippen LogP contribution in [0.5, 0.6) is 0 Å². The Morgan fingerprint density at radius 3 is 2.28 bits per heavy atom. The zero-order valence-corrected chi connectivity index (χ0v) is 13.1. The van der Waals surface area contributed by atoms with Gasteiger partial charge >= 0.3 is 0 Å². The topological polar surface area (TPSA) is 8.88 Å². The molecule has 0 radical (unpaired) electrons. The maximum absolute atomic E-state index is 3.49. The Morgan fingerprint density at radius 1 is 1.11 bits per heavy atom. The summed E-state index contributed by atoms with van der Waals surface area (Å²) in [5.41, 5.74) is 1.46. The van der Waals surface area contributed by atoms with Crippen LogP contribution in [0, 0.1) is 0 Å². The molecule has 100 valence electrons. The molecule has 1 aliphatic rings. The van der Waals surface area contributed by atoms with Gasteiger partial charge in [-0.1, -0.05) is 35.0 Å². The van der Waals surface area contributed by atoms with Crippen LogP contribution in [0.1, 0.15) is 25.8 Å². The zero-order chi connectivity index (χ0) is 13.0. The molecule has 0 spiro atoms. The van der Waals surface area contributed by atoms with E-state index in [0.717, 1.165) is 6.04 Å². The smallest absolute Gasteiger partial charge is 0.127 e. The van der Waals surface area contributed by atoms with Crippen molar-refractivity contribution in [3.63, 3.8) is 0 Å². The van der Waals surface area contributed by atoms with Crippen LogP contribution in [0.4, 0.5) is 0 Å². The molecule has 0 amide bonds. The maximum Gasteiger partial charge on any atom is 0.127 e. The highest BCUT2D eigenvalue weighted by Crippen LogP contribution is 2.09. The minimum atomic E-state index is 0.833. The molecule has 0 bridgehead atoms. The number of halogens is 1. The monoisotopic (exact) mass is 312 g/mol. The van der Waals surface area contributed by atoms with Crippen LogP contribution < -0.4 is 9.80 Å². The van der Waals surface area contributed by atoms with E-state index in [2.05, 4.69) is 54.0 Å². The fourth-order valence-electron chi connectivity index (χ4n) is 2.77. The van der Waals surface area contributed by atoms with Crippen LogP contribution in [0.3, 0.4) is 0 Å². The van der Waals surface area contributed by atoms with E-state index in [1.54, 1.807) is 9.80 Å². The summed E-state index contributed by atoms with van der Waals surface area (Å²) in [5.74, 6) is 0. The van der Waals surface area contributed by atoms with Crippen LogP contribution >= 0.6 is 15.9 Å². The van der Waals surface area contributed by atoms with Crippen molar-refractivity contribution in [1.29, 1.82) is 0 Å². The molecule has 0 saturated carbocycles. The van der Waals surface area contributed by atoms with Crippen LogP contribution in [0.25, 0.3) is 0 Å². The highest BCUT2D eigenvalue weighted by atomic mass is 79.9. The number of nitrogens with one attached hydrogen (secondary N) is 2. The number of rotatable bonds is 4. The van der Waals surface area contributed by atoms with Gasteiger partial charge in [-0.05, 0) is 25.5 Å². The Morgan fingerprint density at radius 2 is 1.72 bits per heavy atom. The maximum atomic E-state index is 3.49. The van der Waals surface area contributed by atoms with E-state index in [0.29, 0.717) is 0 Å². The van der Waals surface area contributed by atoms with Gasteiger partial charge in [0.05, 0.1) is 6.04 Å². The first-order chi connectivity index (χ1) is 8.69. The number of quaternary nitrogens is 2. The zero-order valence-electron chi connectivity index (χ0n) is 11.5. The molecule has 1 fully saturated rings. The average Bonchev–Trinajstić information content (AvgIpc) is 2.41. The predicted octanol–water partition coefficient (Wildman–Crippen LogP) is 0.531. The number of benzene rings is 1. The van der Waals surface area contributed by atoms with Gasteiger partial charge in [0.15, 0.2) is 0 Å². The second-order valence-electron chi connectivity index (χ2n) is 5.52. The molecule has 1 heterocycles. The van der Waals surface area contributed by atoms with E-state index in [9.17, 15) is 0 Å². The van der Waals surface area contributed by atoms with Crippen molar-refractivity contribution in [3.05, 3.63) is 34.3 Å². The van der Waals surface area contributed by atoms with Gasteiger partial charge in [0.2, 0.25) is 0 Å². The van der Waals surface area contributed by atoms with Gasteiger partial charge in [0.1, 0.15) is 32.7 Å². The van der Waals surface area contributed by atoms with E-state index in [1.165, 1.54) is 49.2 Å². The molecule has 1 aliphatic heterocycles. The molecule has 3 heteroatoms. The second-order valence-corrected chi connectivity index (χ2v) is 6.44. The van der Waals surface area contributed by atoms with Crippen LogP contribution in [0.2, 0.25) is 0 Å². The SMILES string of the molecule is CC[C@@H](C)[NH+]1CC[NH+](Cc2ccc(Br)cc2)CC1. The van der Waals surface area contributed by atoms with Crippen LogP contribution in [-0.2, 0) is 6.54 Å². The molecule has 18 heavy (non-hydrogen) atoms. The van der Waals surface area contributed by atoms with Crippen molar-refractivity contribution in [2.75, 3.05) is 26.2 Å². The molecule has 0 aliphatic carbocycles. The minimum Gasteiger partial charge on any atom is -0.323 e. The van der Waals surface area contributed by atoms with Crippen molar-refractivity contribution >= 4 is 15.9 Å². The average molecular weight is 313 g/mol. The summed E-state index contributed by atoms with van der Waals surface area (Å²) in [7, 11) is 0. The summed E-state index contributed by atoms with van der Waals surface area (Å²) in [6, 6.07) is 9.61. The van der Waals surface area contributed by atoms with Crippen LogP contribution in [0.15, 0.2) is 28.7 Å². The highest BCUT2D eigenvalue weighted by Gasteiger charge is 2.25. The molecular weight excluding hydrogens is 288 g/mol. The van der Waals surface area contributed by atoms with Gasteiger partial charge < -0.3 is 9.80 Å².